The molecular weight excluding hydrogens is 328 g/mol. The van der Waals surface area contributed by atoms with Crippen molar-refractivity contribution < 1.29 is 4.79 Å². The van der Waals surface area contributed by atoms with E-state index >= 15 is 0 Å². The number of hydrogen-bond donors (Lipinski definition) is 3. The van der Waals surface area contributed by atoms with Crippen molar-refractivity contribution in [3.05, 3.63) is 72.8 Å². The number of nitrogens with two attached hydrogens (primary N) is 1. The minimum atomic E-state index is -0.479. The van der Waals surface area contributed by atoms with E-state index < -0.39 is 6.03 Å². The summed E-state index contributed by atoms with van der Waals surface area (Å²) in [5.41, 5.74) is 7.34. The van der Waals surface area contributed by atoms with Crippen molar-refractivity contribution in [2.45, 2.75) is 0 Å². The first-order chi connectivity index (χ1) is 12.7. The van der Waals surface area contributed by atoms with Gasteiger partial charge in [-0.15, -0.1) is 9.78 Å². The lowest BCUT2D eigenvalue weighted by atomic mass is 10.1. The maximum atomic E-state index is 12.6. The van der Waals surface area contributed by atoms with Crippen LogP contribution in [0.15, 0.2) is 72.8 Å². The van der Waals surface area contributed by atoms with E-state index in [1.165, 1.54) is 0 Å². The van der Waals surface area contributed by atoms with E-state index in [1.807, 2.05) is 72.8 Å². The van der Waals surface area contributed by atoms with Crippen molar-refractivity contribution in [2.75, 3.05) is 16.4 Å². The monoisotopic (exact) mass is 344 g/mol. The number of amides is 1. The van der Waals surface area contributed by atoms with Gasteiger partial charge in [-0.3, -0.25) is 0 Å². The zero-order valence-electron chi connectivity index (χ0n) is 13.8. The number of benzene rings is 3. The number of hydrogen-bond acceptors (Lipinski definition) is 5. The van der Waals surface area contributed by atoms with Crippen LogP contribution < -0.4 is 16.4 Å². The van der Waals surface area contributed by atoms with Crippen LogP contribution in [0.2, 0.25) is 0 Å². The van der Waals surface area contributed by atoms with E-state index in [4.69, 9.17) is 5.73 Å². The maximum Gasteiger partial charge on any atom is 0.349 e. The van der Waals surface area contributed by atoms with E-state index in [-0.39, 0.29) is 11.9 Å². The average molecular weight is 344 g/mol. The average Bonchev–Trinajstić information content (AvgIpc) is 3.03. The van der Waals surface area contributed by atoms with Gasteiger partial charge in [-0.2, -0.15) is 4.98 Å². The van der Waals surface area contributed by atoms with Gasteiger partial charge in [0.1, 0.15) is 0 Å². The molecule has 1 amide bonds. The fraction of sp³-hybridized carbons (Fsp3) is 0. The minimum absolute atomic E-state index is 0.00108. The van der Waals surface area contributed by atoms with Crippen molar-refractivity contribution in [2.24, 2.45) is 0 Å². The second kappa shape index (κ2) is 6.56. The predicted octanol–water partition coefficient (Wildman–Crippen LogP) is 3.84. The number of nitrogens with one attached hydrogen (secondary N) is 2. The molecule has 0 unspecified atom stereocenters. The molecule has 0 aliphatic rings. The number of carbonyl (C=O) groups is 1. The first-order valence-corrected chi connectivity index (χ1v) is 8.04. The lowest BCUT2D eigenvalue weighted by Crippen LogP contribution is -2.22. The molecule has 0 atom stereocenters. The highest BCUT2D eigenvalue weighted by Crippen LogP contribution is 2.23. The van der Waals surface area contributed by atoms with E-state index in [0.29, 0.717) is 5.69 Å². The van der Waals surface area contributed by atoms with Gasteiger partial charge in [0, 0.05) is 11.1 Å². The molecule has 3 aromatic carbocycles. The highest BCUT2D eigenvalue weighted by Gasteiger charge is 2.15. The molecule has 0 saturated heterocycles. The maximum absolute atomic E-state index is 12.6. The summed E-state index contributed by atoms with van der Waals surface area (Å²) < 4.78 is 1.03. The van der Waals surface area contributed by atoms with E-state index in [2.05, 4.69) is 20.7 Å². The van der Waals surface area contributed by atoms with Gasteiger partial charge in [-0.25, -0.2) is 4.79 Å². The van der Waals surface area contributed by atoms with Gasteiger partial charge < -0.3 is 16.4 Å². The van der Waals surface area contributed by atoms with Crippen LogP contribution in [0.25, 0.3) is 10.8 Å². The summed E-state index contributed by atoms with van der Waals surface area (Å²) in [6.45, 7) is 0. The lowest BCUT2D eigenvalue weighted by molar-refractivity contribution is 0.251. The van der Waals surface area contributed by atoms with Crippen LogP contribution in [0.5, 0.6) is 0 Å². The van der Waals surface area contributed by atoms with Crippen molar-refractivity contribution in [1.29, 1.82) is 0 Å². The lowest BCUT2D eigenvalue weighted by Gasteiger charge is -2.08. The SMILES string of the molecule is Nc1nc(Nc2ccccc2)nn1C(=O)Nc1cccc2ccccc12. The van der Waals surface area contributed by atoms with E-state index in [0.717, 1.165) is 21.1 Å². The summed E-state index contributed by atoms with van der Waals surface area (Å²) in [4.78, 5) is 16.7. The molecule has 4 aromatic rings. The Balaban J connectivity index is 1.58. The summed E-state index contributed by atoms with van der Waals surface area (Å²) in [6, 6.07) is 22.4. The molecule has 4 N–H and O–H groups in total. The third-order valence-electron chi connectivity index (χ3n) is 3.89. The number of para-hydroxylation sites is 1. The Labute approximate surface area is 149 Å². The number of carbonyl (C=O) groups excluding carboxylic acids is 1. The second-order valence-corrected chi connectivity index (χ2v) is 5.65. The number of rotatable bonds is 3. The largest absolute Gasteiger partial charge is 0.368 e. The second-order valence-electron chi connectivity index (χ2n) is 5.65. The normalized spacial score (nSPS) is 10.6. The van der Waals surface area contributed by atoms with Crippen LogP contribution in [-0.4, -0.2) is 20.8 Å². The molecule has 26 heavy (non-hydrogen) atoms. The molecule has 1 aromatic heterocycles. The van der Waals surface area contributed by atoms with Gasteiger partial charge in [0.15, 0.2) is 0 Å². The standard InChI is InChI=1S/C19H16N6O/c20-17-23-18(21-14-9-2-1-3-10-14)24-25(17)19(26)22-16-12-6-8-13-7-4-5-11-15(13)16/h1-12H,(H,22,26)(H3,20,21,23,24). The third kappa shape index (κ3) is 3.05. The number of nitrogen functional groups attached to an aromatic ring is 1. The molecule has 0 radical (unpaired) electrons. The molecule has 7 heteroatoms. The van der Waals surface area contributed by atoms with Gasteiger partial charge in [0.05, 0.1) is 5.69 Å². The molecule has 4 rings (SSSR count). The predicted molar refractivity (Wildman–Crippen MR) is 103 cm³/mol. The Bertz CT molecular complexity index is 1070. The number of anilines is 4. The van der Waals surface area contributed by atoms with Gasteiger partial charge in [-0.1, -0.05) is 54.6 Å². The molecule has 0 saturated carbocycles. The van der Waals surface area contributed by atoms with Gasteiger partial charge >= 0.3 is 6.03 Å². The number of nitrogens with zero attached hydrogens (tertiary/aromatic N) is 3. The van der Waals surface area contributed by atoms with Crippen LogP contribution in [0.4, 0.5) is 28.1 Å². The smallest absolute Gasteiger partial charge is 0.349 e. The number of aromatic nitrogens is 3. The molecule has 0 aliphatic carbocycles. The van der Waals surface area contributed by atoms with Crippen molar-refractivity contribution >= 4 is 40.1 Å². The van der Waals surface area contributed by atoms with Crippen molar-refractivity contribution in [1.82, 2.24) is 14.8 Å². The number of fused-ring (bicyclic) bond motifs is 1. The first kappa shape index (κ1) is 15.6. The molecule has 0 spiro atoms. The zero-order chi connectivity index (χ0) is 17.9. The van der Waals surface area contributed by atoms with Crippen molar-refractivity contribution in [3.63, 3.8) is 0 Å². The Hall–Kier alpha value is -3.87. The molecule has 0 bridgehead atoms. The summed E-state index contributed by atoms with van der Waals surface area (Å²) in [5, 5.41) is 11.9. The van der Waals surface area contributed by atoms with Crippen molar-refractivity contribution in [3.8, 4) is 0 Å². The first-order valence-electron chi connectivity index (χ1n) is 8.04. The van der Waals surface area contributed by atoms with E-state index in [1.54, 1.807) is 0 Å². The highest BCUT2D eigenvalue weighted by atomic mass is 16.2. The topological polar surface area (TPSA) is 97.9 Å². The molecule has 1 heterocycles. The minimum Gasteiger partial charge on any atom is -0.368 e. The molecule has 7 nitrogen and oxygen atoms in total. The summed E-state index contributed by atoms with van der Waals surface area (Å²) in [5.74, 6) is 0.253. The fourth-order valence-electron chi connectivity index (χ4n) is 2.68. The van der Waals surface area contributed by atoms with Crippen LogP contribution in [-0.2, 0) is 0 Å². The van der Waals surface area contributed by atoms with E-state index in [9.17, 15) is 4.79 Å². The zero-order valence-corrected chi connectivity index (χ0v) is 13.8. The van der Waals surface area contributed by atoms with Crippen LogP contribution in [0.1, 0.15) is 0 Å². The summed E-state index contributed by atoms with van der Waals surface area (Å²) >= 11 is 0. The Morgan fingerprint density at radius 2 is 1.65 bits per heavy atom. The Morgan fingerprint density at radius 1 is 0.923 bits per heavy atom. The molecular formula is C19H16N6O. The Kier molecular flexibility index (Phi) is 3.95. The Morgan fingerprint density at radius 3 is 2.50 bits per heavy atom. The van der Waals surface area contributed by atoms with Crippen LogP contribution in [0.3, 0.4) is 0 Å². The van der Waals surface area contributed by atoms with Gasteiger partial charge in [-0.05, 0) is 23.6 Å². The highest BCUT2D eigenvalue weighted by molar-refractivity contribution is 6.02. The van der Waals surface area contributed by atoms with Gasteiger partial charge in [0.25, 0.3) is 0 Å². The fourth-order valence-corrected chi connectivity index (χ4v) is 2.68. The summed E-state index contributed by atoms with van der Waals surface area (Å²) in [6.07, 6.45) is 0. The third-order valence-corrected chi connectivity index (χ3v) is 3.89. The molecule has 0 aliphatic heterocycles. The van der Waals surface area contributed by atoms with Crippen LogP contribution in [0, 0.1) is 0 Å². The van der Waals surface area contributed by atoms with Gasteiger partial charge in [0.2, 0.25) is 11.9 Å². The molecule has 0 fully saturated rings. The molecule has 128 valence electrons. The summed E-state index contributed by atoms with van der Waals surface area (Å²) in [7, 11) is 0. The quantitative estimate of drug-likeness (QED) is 0.524. The van der Waals surface area contributed by atoms with Crippen LogP contribution >= 0.6 is 0 Å².